The second-order valence-electron chi connectivity index (χ2n) is 5.76. The maximum Gasteiger partial charge on any atom is 0.122 e. The molecule has 3 nitrogen and oxygen atoms in total. The lowest BCUT2D eigenvalue weighted by atomic mass is 10.0. The summed E-state index contributed by atoms with van der Waals surface area (Å²) in [4.78, 5) is 2.58. The predicted octanol–water partition coefficient (Wildman–Crippen LogP) is 2.20. The third kappa shape index (κ3) is 2.27. The van der Waals surface area contributed by atoms with Crippen molar-refractivity contribution in [2.75, 3.05) is 13.1 Å². The van der Waals surface area contributed by atoms with E-state index >= 15 is 0 Å². The van der Waals surface area contributed by atoms with Gasteiger partial charge in [0, 0.05) is 25.2 Å². The Balaban J connectivity index is 1.61. The second-order valence-corrected chi connectivity index (χ2v) is 5.76. The highest BCUT2D eigenvalue weighted by molar-refractivity contribution is 5.94. The molecule has 0 amide bonds. The number of rotatable bonds is 3. The molecular weight excluding hydrogens is 222 g/mol. The smallest absolute Gasteiger partial charge is 0.122 e. The fourth-order valence-electron chi connectivity index (χ4n) is 3.51. The number of nitrogens with zero attached hydrogens (tertiary/aromatic N) is 1. The van der Waals surface area contributed by atoms with Crippen LogP contribution in [0.25, 0.3) is 0 Å². The number of benzene rings is 1. The molecule has 3 N–H and O–H groups in total. The zero-order valence-corrected chi connectivity index (χ0v) is 10.7. The maximum absolute atomic E-state index is 7.38. The molecule has 0 spiro atoms. The van der Waals surface area contributed by atoms with Gasteiger partial charge < -0.3 is 5.73 Å². The number of nitrogen functional groups attached to an aromatic ring is 1. The summed E-state index contributed by atoms with van der Waals surface area (Å²) < 4.78 is 0. The van der Waals surface area contributed by atoms with Crippen LogP contribution in [-0.2, 0) is 6.54 Å². The molecule has 1 aromatic carbocycles. The van der Waals surface area contributed by atoms with Crippen LogP contribution in [0, 0.1) is 17.2 Å². The minimum absolute atomic E-state index is 0.150. The van der Waals surface area contributed by atoms with Gasteiger partial charge in [-0.1, -0.05) is 30.7 Å². The Hall–Kier alpha value is -1.35. The van der Waals surface area contributed by atoms with E-state index in [0.717, 1.165) is 23.9 Å². The molecule has 2 unspecified atom stereocenters. The first-order valence-electron chi connectivity index (χ1n) is 6.88. The standard InChI is InChI=1S/C15H21N3/c16-15(17)12-6-4-11(5-7-12)8-18-9-13-2-1-3-14(13)10-18/h4-7,13-14H,1-3,8-10H2,(H3,16,17). The third-order valence-electron chi connectivity index (χ3n) is 4.47. The fourth-order valence-corrected chi connectivity index (χ4v) is 3.51. The van der Waals surface area contributed by atoms with Crippen molar-refractivity contribution < 1.29 is 0 Å². The summed E-state index contributed by atoms with van der Waals surface area (Å²) in [7, 11) is 0. The van der Waals surface area contributed by atoms with Crippen LogP contribution < -0.4 is 5.73 Å². The summed E-state index contributed by atoms with van der Waals surface area (Å²) in [6.07, 6.45) is 4.31. The van der Waals surface area contributed by atoms with E-state index in [0.29, 0.717) is 0 Å². The SMILES string of the molecule is N=C(N)c1ccc(CN2CC3CCCC3C2)cc1. The number of hydrogen-bond donors (Lipinski definition) is 2. The Labute approximate surface area is 108 Å². The minimum atomic E-state index is 0.150. The van der Waals surface area contributed by atoms with E-state index in [1.165, 1.54) is 37.9 Å². The molecule has 1 saturated carbocycles. The molecule has 18 heavy (non-hydrogen) atoms. The van der Waals surface area contributed by atoms with Crippen molar-refractivity contribution in [3.8, 4) is 0 Å². The Morgan fingerprint density at radius 2 is 1.78 bits per heavy atom. The van der Waals surface area contributed by atoms with Crippen molar-refractivity contribution in [2.45, 2.75) is 25.8 Å². The van der Waals surface area contributed by atoms with Gasteiger partial charge in [0.25, 0.3) is 0 Å². The molecule has 0 bridgehead atoms. The number of amidine groups is 1. The number of fused-ring (bicyclic) bond motifs is 1. The van der Waals surface area contributed by atoms with E-state index in [4.69, 9.17) is 11.1 Å². The summed E-state index contributed by atoms with van der Waals surface area (Å²) in [5, 5.41) is 7.38. The first-order chi connectivity index (χ1) is 8.72. The molecule has 1 heterocycles. The van der Waals surface area contributed by atoms with Crippen LogP contribution in [0.4, 0.5) is 0 Å². The van der Waals surface area contributed by atoms with Crippen molar-refractivity contribution in [1.29, 1.82) is 5.41 Å². The first kappa shape index (κ1) is 11.7. The first-order valence-corrected chi connectivity index (χ1v) is 6.88. The van der Waals surface area contributed by atoms with Gasteiger partial charge in [-0.15, -0.1) is 0 Å². The molecule has 0 aromatic heterocycles. The Morgan fingerprint density at radius 3 is 2.33 bits per heavy atom. The van der Waals surface area contributed by atoms with Gasteiger partial charge >= 0.3 is 0 Å². The highest BCUT2D eigenvalue weighted by atomic mass is 15.2. The molecule has 3 heteroatoms. The van der Waals surface area contributed by atoms with Gasteiger partial charge in [-0.25, -0.2) is 0 Å². The summed E-state index contributed by atoms with van der Waals surface area (Å²) in [6.45, 7) is 3.60. The van der Waals surface area contributed by atoms with E-state index in [9.17, 15) is 0 Å². The van der Waals surface area contributed by atoms with Gasteiger partial charge in [0.15, 0.2) is 0 Å². The van der Waals surface area contributed by atoms with E-state index in [1.807, 2.05) is 12.1 Å². The molecule has 1 aliphatic carbocycles. The molecule has 2 aliphatic rings. The Kier molecular flexibility index (Phi) is 3.08. The van der Waals surface area contributed by atoms with Gasteiger partial charge in [0.05, 0.1) is 0 Å². The van der Waals surface area contributed by atoms with Crippen LogP contribution in [0.3, 0.4) is 0 Å². The van der Waals surface area contributed by atoms with Crippen molar-refractivity contribution in [3.63, 3.8) is 0 Å². The predicted molar refractivity (Wildman–Crippen MR) is 73.6 cm³/mol. The van der Waals surface area contributed by atoms with Gasteiger partial charge in [-0.2, -0.15) is 0 Å². The maximum atomic E-state index is 7.38. The number of nitrogens with one attached hydrogen (secondary N) is 1. The number of nitrogens with two attached hydrogens (primary N) is 1. The molecule has 0 radical (unpaired) electrons. The van der Waals surface area contributed by atoms with Crippen molar-refractivity contribution >= 4 is 5.84 Å². The lowest BCUT2D eigenvalue weighted by Crippen LogP contribution is -2.21. The monoisotopic (exact) mass is 243 g/mol. The third-order valence-corrected chi connectivity index (χ3v) is 4.47. The van der Waals surface area contributed by atoms with Crippen LogP contribution in [-0.4, -0.2) is 23.8 Å². The molecule has 3 rings (SSSR count). The Bertz CT molecular complexity index is 426. The molecular formula is C15H21N3. The fraction of sp³-hybridized carbons (Fsp3) is 0.533. The van der Waals surface area contributed by atoms with Gasteiger partial charge in [0.2, 0.25) is 0 Å². The topological polar surface area (TPSA) is 53.1 Å². The van der Waals surface area contributed by atoms with Crippen molar-refractivity contribution in [1.82, 2.24) is 4.90 Å². The van der Waals surface area contributed by atoms with Gasteiger partial charge in [-0.3, -0.25) is 10.3 Å². The average Bonchev–Trinajstić information content (AvgIpc) is 2.90. The largest absolute Gasteiger partial charge is 0.384 e. The van der Waals surface area contributed by atoms with Crippen LogP contribution in [0.5, 0.6) is 0 Å². The lowest BCUT2D eigenvalue weighted by molar-refractivity contribution is 0.303. The van der Waals surface area contributed by atoms with Gasteiger partial charge in [-0.05, 0) is 30.2 Å². The molecule has 2 fully saturated rings. The number of likely N-dealkylation sites (tertiary alicyclic amines) is 1. The molecule has 1 aliphatic heterocycles. The quantitative estimate of drug-likeness (QED) is 0.631. The normalized spacial score (nSPS) is 27.3. The summed E-state index contributed by atoms with van der Waals surface area (Å²) in [5.41, 5.74) is 7.61. The zero-order chi connectivity index (χ0) is 12.5. The second kappa shape index (κ2) is 4.73. The Morgan fingerprint density at radius 1 is 1.17 bits per heavy atom. The van der Waals surface area contributed by atoms with Crippen LogP contribution in [0.2, 0.25) is 0 Å². The van der Waals surface area contributed by atoms with E-state index in [1.54, 1.807) is 0 Å². The van der Waals surface area contributed by atoms with E-state index in [2.05, 4.69) is 17.0 Å². The highest BCUT2D eigenvalue weighted by Gasteiger charge is 2.35. The number of hydrogen-bond acceptors (Lipinski definition) is 2. The molecule has 2 atom stereocenters. The van der Waals surface area contributed by atoms with Crippen molar-refractivity contribution in [3.05, 3.63) is 35.4 Å². The van der Waals surface area contributed by atoms with E-state index < -0.39 is 0 Å². The molecule has 1 aromatic rings. The van der Waals surface area contributed by atoms with Crippen LogP contribution in [0.1, 0.15) is 30.4 Å². The summed E-state index contributed by atoms with van der Waals surface area (Å²) in [6, 6.07) is 8.11. The molecule has 1 saturated heterocycles. The van der Waals surface area contributed by atoms with Crippen molar-refractivity contribution in [2.24, 2.45) is 17.6 Å². The zero-order valence-electron chi connectivity index (χ0n) is 10.7. The molecule has 96 valence electrons. The minimum Gasteiger partial charge on any atom is -0.384 e. The van der Waals surface area contributed by atoms with E-state index in [-0.39, 0.29) is 5.84 Å². The summed E-state index contributed by atoms with van der Waals surface area (Å²) in [5.74, 6) is 2.07. The lowest BCUT2D eigenvalue weighted by Gasteiger charge is -2.16. The highest BCUT2D eigenvalue weighted by Crippen LogP contribution is 2.38. The van der Waals surface area contributed by atoms with Crippen LogP contribution in [0.15, 0.2) is 24.3 Å². The van der Waals surface area contributed by atoms with Gasteiger partial charge in [0.1, 0.15) is 5.84 Å². The average molecular weight is 243 g/mol. The summed E-state index contributed by atoms with van der Waals surface area (Å²) >= 11 is 0. The van der Waals surface area contributed by atoms with Crippen LogP contribution >= 0.6 is 0 Å².